The second-order valence-corrected chi connectivity index (χ2v) is 5.96. The van der Waals surface area contributed by atoms with Crippen molar-refractivity contribution in [1.29, 1.82) is 0 Å². The molecule has 1 aliphatic rings. The Morgan fingerprint density at radius 2 is 2.05 bits per heavy atom. The van der Waals surface area contributed by atoms with Gasteiger partial charge < -0.3 is 5.32 Å². The molecule has 2 rings (SSSR count). The molecule has 0 saturated carbocycles. The van der Waals surface area contributed by atoms with Gasteiger partial charge in [-0.3, -0.25) is 14.5 Å². The third kappa shape index (κ3) is 2.66. The molecule has 0 aromatic heterocycles. The molecule has 1 heterocycles. The molecule has 0 aliphatic carbocycles. The van der Waals surface area contributed by atoms with E-state index in [-0.39, 0.29) is 24.3 Å². The largest absolute Gasteiger partial charge is 0.345 e. The van der Waals surface area contributed by atoms with Crippen LogP contribution in [0.25, 0.3) is 0 Å². The van der Waals surface area contributed by atoms with Crippen molar-refractivity contribution in [1.82, 2.24) is 5.32 Å². The number of benzene rings is 1. The highest BCUT2D eigenvalue weighted by Crippen LogP contribution is 2.27. The van der Waals surface area contributed by atoms with E-state index in [0.717, 1.165) is 15.7 Å². The Morgan fingerprint density at radius 1 is 1.37 bits per heavy atom. The molecule has 1 N–H and O–H groups in total. The summed E-state index contributed by atoms with van der Waals surface area (Å²) in [5, 5.41) is 2.65. The van der Waals surface area contributed by atoms with Crippen LogP contribution in [-0.2, 0) is 9.59 Å². The van der Waals surface area contributed by atoms with Crippen LogP contribution in [0.1, 0.15) is 19.4 Å². The second kappa shape index (κ2) is 5.33. The van der Waals surface area contributed by atoms with E-state index in [1.165, 1.54) is 0 Å². The summed E-state index contributed by atoms with van der Waals surface area (Å²) in [6.45, 7) is 5.92. The first-order valence-corrected chi connectivity index (χ1v) is 7.07. The standard InChI is InChI=1S/C14H17BrN2O2/c1-8(2)13-14(19)16-7-12(18)17(13)10-4-5-11(15)9(3)6-10/h4-6,8,13H,7H2,1-3H3,(H,16,19). The maximum Gasteiger partial charge on any atom is 0.247 e. The van der Waals surface area contributed by atoms with Crippen LogP contribution < -0.4 is 10.2 Å². The van der Waals surface area contributed by atoms with Crippen LogP contribution in [0.2, 0.25) is 0 Å². The van der Waals surface area contributed by atoms with Crippen molar-refractivity contribution >= 4 is 33.4 Å². The molecule has 5 heteroatoms. The van der Waals surface area contributed by atoms with E-state index >= 15 is 0 Å². The van der Waals surface area contributed by atoms with Gasteiger partial charge in [0.25, 0.3) is 0 Å². The van der Waals surface area contributed by atoms with Crippen molar-refractivity contribution in [2.75, 3.05) is 11.4 Å². The molecule has 1 atom stereocenters. The number of rotatable bonds is 2. The van der Waals surface area contributed by atoms with Gasteiger partial charge in [0.1, 0.15) is 6.04 Å². The lowest BCUT2D eigenvalue weighted by Gasteiger charge is -2.37. The summed E-state index contributed by atoms with van der Waals surface area (Å²) in [5.74, 6) is -0.0941. The van der Waals surface area contributed by atoms with E-state index in [1.54, 1.807) is 4.90 Å². The van der Waals surface area contributed by atoms with Crippen molar-refractivity contribution in [3.05, 3.63) is 28.2 Å². The molecule has 102 valence electrons. The lowest BCUT2D eigenvalue weighted by atomic mass is 9.98. The summed E-state index contributed by atoms with van der Waals surface area (Å²) in [4.78, 5) is 25.8. The molecular formula is C14H17BrN2O2. The highest BCUT2D eigenvalue weighted by atomic mass is 79.9. The van der Waals surface area contributed by atoms with Crippen LogP contribution in [0, 0.1) is 12.8 Å². The first-order valence-electron chi connectivity index (χ1n) is 6.27. The van der Waals surface area contributed by atoms with Crippen LogP contribution in [0.3, 0.4) is 0 Å². The van der Waals surface area contributed by atoms with Crippen LogP contribution in [-0.4, -0.2) is 24.4 Å². The minimum Gasteiger partial charge on any atom is -0.345 e. The SMILES string of the molecule is Cc1cc(N2C(=O)CNC(=O)C2C(C)C)ccc1Br. The minimum atomic E-state index is -0.443. The summed E-state index contributed by atoms with van der Waals surface area (Å²) in [5.41, 5.74) is 1.82. The van der Waals surface area contributed by atoms with E-state index < -0.39 is 6.04 Å². The number of anilines is 1. The Kier molecular flexibility index (Phi) is 3.94. The molecule has 0 radical (unpaired) electrons. The zero-order chi connectivity index (χ0) is 14.2. The van der Waals surface area contributed by atoms with Crippen molar-refractivity contribution in [2.24, 2.45) is 5.92 Å². The van der Waals surface area contributed by atoms with Crippen molar-refractivity contribution in [3.63, 3.8) is 0 Å². The molecule has 2 amide bonds. The Hall–Kier alpha value is -1.36. The number of aryl methyl sites for hydroxylation is 1. The van der Waals surface area contributed by atoms with Gasteiger partial charge in [0.15, 0.2) is 0 Å². The molecule has 0 bridgehead atoms. The number of hydrogen-bond acceptors (Lipinski definition) is 2. The van der Waals surface area contributed by atoms with Crippen LogP contribution in [0.15, 0.2) is 22.7 Å². The highest BCUT2D eigenvalue weighted by Gasteiger charge is 2.37. The van der Waals surface area contributed by atoms with E-state index in [4.69, 9.17) is 0 Å². The first-order chi connectivity index (χ1) is 8.91. The Labute approximate surface area is 121 Å². The highest BCUT2D eigenvalue weighted by molar-refractivity contribution is 9.10. The molecule has 1 aromatic rings. The van der Waals surface area contributed by atoms with Crippen molar-refractivity contribution < 1.29 is 9.59 Å². The average Bonchev–Trinajstić information content (AvgIpc) is 2.35. The van der Waals surface area contributed by atoms with E-state index in [9.17, 15) is 9.59 Å². The predicted octanol–water partition coefficient (Wildman–Crippen LogP) is 2.24. The van der Waals surface area contributed by atoms with Gasteiger partial charge in [-0.05, 0) is 36.6 Å². The molecule has 1 aromatic carbocycles. The monoisotopic (exact) mass is 324 g/mol. The van der Waals surface area contributed by atoms with Crippen LogP contribution in [0.5, 0.6) is 0 Å². The van der Waals surface area contributed by atoms with E-state index in [1.807, 2.05) is 39.0 Å². The van der Waals surface area contributed by atoms with Gasteiger partial charge in [0.05, 0.1) is 6.54 Å². The van der Waals surface area contributed by atoms with Gasteiger partial charge in [0, 0.05) is 10.2 Å². The third-order valence-electron chi connectivity index (χ3n) is 3.28. The fourth-order valence-electron chi connectivity index (χ4n) is 2.31. The van der Waals surface area contributed by atoms with Crippen molar-refractivity contribution in [3.8, 4) is 0 Å². The molecule has 1 fully saturated rings. The number of nitrogens with one attached hydrogen (secondary N) is 1. The van der Waals surface area contributed by atoms with E-state index in [2.05, 4.69) is 21.2 Å². The fraction of sp³-hybridized carbons (Fsp3) is 0.429. The lowest BCUT2D eigenvalue weighted by molar-refractivity contribution is -0.131. The number of carbonyl (C=O) groups excluding carboxylic acids is 2. The smallest absolute Gasteiger partial charge is 0.247 e. The molecule has 1 saturated heterocycles. The number of carbonyl (C=O) groups is 2. The summed E-state index contributed by atoms with van der Waals surface area (Å²) in [7, 11) is 0. The van der Waals surface area contributed by atoms with Gasteiger partial charge in [-0.15, -0.1) is 0 Å². The first kappa shape index (κ1) is 14.1. The van der Waals surface area contributed by atoms with Crippen molar-refractivity contribution in [2.45, 2.75) is 26.8 Å². The van der Waals surface area contributed by atoms with Gasteiger partial charge in [0.2, 0.25) is 11.8 Å². The quantitative estimate of drug-likeness (QED) is 0.907. The maximum absolute atomic E-state index is 12.2. The van der Waals surface area contributed by atoms with Gasteiger partial charge in [-0.25, -0.2) is 0 Å². The predicted molar refractivity (Wildman–Crippen MR) is 78.0 cm³/mol. The Balaban J connectivity index is 2.45. The third-order valence-corrected chi connectivity index (χ3v) is 4.17. The number of nitrogens with zero attached hydrogens (tertiary/aromatic N) is 1. The average molecular weight is 325 g/mol. The molecule has 1 unspecified atom stereocenters. The zero-order valence-electron chi connectivity index (χ0n) is 11.2. The van der Waals surface area contributed by atoms with Gasteiger partial charge in [-0.1, -0.05) is 29.8 Å². The molecule has 19 heavy (non-hydrogen) atoms. The number of piperazine rings is 1. The summed E-state index contributed by atoms with van der Waals surface area (Å²) >= 11 is 3.44. The number of halogens is 1. The summed E-state index contributed by atoms with van der Waals surface area (Å²) in [6, 6.07) is 5.25. The lowest BCUT2D eigenvalue weighted by Crippen LogP contribution is -2.60. The van der Waals surface area contributed by atoms with Gasteiger partial charge >= 0.3 is 0 Å². The Morgan fingerprint density at radius 3 is 2.63 bits per heavy atom. The second-order valence-electron chi connectivity index (χ2n) is 5.10. The van der Waals surface area contributed by atoms with Crippen LogP contribution >= 0.6 is 15.9 Å². The van der Waals surface area contributed by atoms with E-state index in [0.29, 0.717) is 0 Å². The summed E-state index contributed by atoms with van der Waals surface area (Å²) < 4.78 is 0.992. The number of hydrogen-bond donors (Lipinski definition) is 1. The topological polar surface area (TPSA) is 49.4 Å². The molecule has 0 spiro atoms. The molecule has 4 nitrogen and oxygen atoms in total. The normalized spacial score (nSPS) is 19.8. The Bertz CT molecular complexity index is 528. The minimum absolute atomic E-state index is 0.0632. The fourth-order valence-corrected chi connectivity index (χ4v) is 2.56. The van der Waals surface area contributed by atoms with Gasteiger partial charge in [-0.2, -0.15) is 0 Å². The van der Waals surface area contributed by atoms with Crippen LogP contribution in [0.4, 0.5) is 5.69 Å². The maximum atomic E-state index is 12.2. The summed E-state index contributed by atoms with van der Waals surface area (Å²) in [6.07, 6.45) is 0. The number of amides is 2. The molecular weight excluding hydrogens is 308 g/mol. The zero-order valence-corrected chi connectivity index (χ0v) is 12.8. The molecule has 1 aliphatic heterocycles.